The van der Waals surface area contributed by atoms with Crippen LogP contribution in [0, 0.1) is 0 Å². The van der Waals surface area contributed by atoms with E-state index in [1.165, 1.54) is 0 Å². The Morgan fingerprint density at radius 2 is 2.46 bits per heavy atom. The minimum atomic E-state index is -0.360. The first-order valence-corrected chi connectivity index (χ1v) is 3.71. The summed E-state index contributed by atoms with van der Waals surface area (Å²) in [5.41, 5.74) is 0. The van der Waals surface area contributed by atoms with Crippen molar-refractivity contribution in [3.63, 3.8) is 0 Å². The molecule has 6 nitrogen and oxygen atoms in total. The molecule has 1 aliphatic rings. The number of azo groups is 1. The van der Waals surface area contributed by atoms with Crippen LogP contribution in [0.4, 0.5) is 5.82 Å². The molecule has 0 radical (unpaired) electrons. The molecule has 2 rings (SSSR count). The van der Waals surface area contributed by atoms with Crippen molar-refractivity contribution in [2.45, 2.75) is 6.23 Å². The smallest absolute Gasteiger partial charge is 0.227 e. The van der Waals surface area contributed by atoms with Crippen molar-refractivity contribution in [3.05, 3.63) is 30.7 Å². The predicted molar refractivity (Wildman–Crippen MR) is 44.1 cm³/mol. The lowest BCUT2D eigenvalue weighted by molar-refractivity contribution is 0.185. The van der Waals surface area contributed by atoms with Gasteiger partial charge in [0, 0.05) is 0 Å². The summed E-state index contributed by atoms with van der Waals surface area (Å²) in [7, 11) is 0. The van der Waals surface area contributed by atoms with Crippen molar-refractivity contribution >= 4 is 5.82 Å². The number of ether oxygens (including phenoxy) is 1. The van der Waals surface area contributed by atoms with E-state index in [4.69, 9.17) is 4.74 Å². The normalized spacial score (nSPS) is 20.8. The zero-order valence-electron chi connectivity index (χ0n) is 6.66. The van der Waals surface area contributed by atoms with E-state index < -0.39 is 0 Å². The van der Waals surface area contributed by atoms with E-state index in [-0.39, 0.29) is 6.23 Å². The van der Waals surface area contributed by atoms with Crippen molar-refractivity contribution in [3.8, 4) is 0 Å². The van der Waals surface area contributed by atoms with Gasteiger partial charge < -0.3 is 4.74 Å². The first-order valence-electron chi connectivity index (χ1n) is 3.71. The first kappa shape index (κ1) is 7.66. The molecule has 0 saturated heterocycles. The molecule has 66 valence electrons. The molecule has 0 spiro atoms. The van der Waals surface area contributed by atoms with Crippen LogP contribution in [0.2, 0.25) is 0 Å². The van der Waals surface area contributed by atoms with Crippen molar-refractivity contribution in [1.82, 2.24) is 15.4 Å². The van der Waals surface area contributed by atoms with Crippen molar-refractivity contribution in [2.75, 3.05) is 0 Å². The van der Waals surface area contributed by atoms with Gasteiger partial charge in [-0.15, -0.1) is 15.3 Å². The van der Waals surface area contributed by atoms with Gasteiger partial charge in [0.05, 0.1) is 12.5 Å². The van der Waals surface area contributed by atoms with Gasteiger partial charge in [-0.1, -0.05) is 11.3 Å². The fourth-order valence-corrected chi connectivity index (χ4v) is 0.802. The number of rotatable bonds is 2. The number of H-pyrrole nitrogens is 1. The lowest BCUT2D eigenvalue weighted by Gasteiger charge is -2.07. The van der Waals surface area contributed by atoms with E-state index in [0.29, 0.717) is 5.82 Å². The summed E-state index contributed by atoms with van der Waals surface area (Å²) in [5.74, 6) is 0.437. The number of nitrogens with zero attached hydrogens (tertiary/aromatic N) is 4. The second kappa shape index (κ2) is 3.61. The molecule has 1 atom stereocenters. The fourth-order valence-electron chi connectivity index (χ4n) is 0.802. The molecule has 1 N–H and O–H groups in total. The van der Waals surface area contributed by atoms with Gasteiger partial charge in [-0.3, -0.25) is 5.10 Å². The van der Waals surface area contributed by atoms with Gasteiger partial charge in [0.1, 0.15) is 0 Å². The topological polar surface area (TPSA) is 75.5 Å². The molecule has 1 aliphatic heterocycles. The van der Waals surface area contributed by atoms with Crippen LogP contribution in [-0.4, -0.2) is 21.6 Å². The number of aromatic amines is 1. The molecule has 1 aromatic heterocycles. The van der Waals surface area contributed by atoms with Crippen molar-refractivity contribution < 1.29 is 4.74 Å². The molecule has 6 heteroatoms. The molecule has 0 saturated carbocycles. The molecule has 0 aromatic carbocycles. The molecule has 13 heavy (non-hydrogen) atoms. The fraction of sp³-hybridized carbons (Fsp3) is 0.143. The summed E-state index contributed by atoms with van der Waals surface area (Å²) in [5, 5.41) is 17.3. The molecule has 0 fully saturated rings. The molecule has 0 bridgehead atoms. The van der Waals surface area contributed by atoms with Crippen molar-refractivity contribution in [1.29, 1.82) is 0 Å². The lowest BCUT2D eigenvalue weighted by Crippen LogP contribution is -2.02. The largest absolute Gasteiger partial charge is 0.471 e. The minimum Gasteiger partial charge on any atom is -0.471 e. The average molecular weight is 177 g/mol. The second-order valence-corrected chi connectivity index (χ2v) is 2.29. The number of nitrogens with one attached hydrogen (secondary N) is 1. The quantitative estimate of drug-likeness (QED) is 0.692. The Balaban J connectivity index is 1.98. The SMILES string of the molecule is C1=COC(N=Nc2c[nH]nn2)C=C1. The van der Waals surface area contributed by atoms with E-state index in [2.05, 4.69) is 25.6 Å². The van der Waals surface area contributed by atoms with Crippen LogP contribution >= 0.6 is 0 Å². The van der Waals surface area contributed by atoms with Crippen LogP contribution < -0.4 is 0 Å². The molecule has 2 heterocycles. The van der Waals surface area contributed by atoms with Gasteiger partial charge in [0.2, 0.25) is 12.0 Å². The maximum atomic E-state index is 5.09. The average Bonchev–Trinajstić information content (AvgIpc) is 2.69. The molecular weight excluding hydrogens is 170 g/mol. The first-order chi connectivity index (χ1) is 6.45. The Labute approximate surface area is 74.0 Å². The van der Waals surface area contributed by atoms with Crippen LogP contribution in [0.5, 0.6) is 0 Å². The third-order valence-corrected chi connectivity index (χ3v) is 1.36. The minimum absolute atomic E-state index is 0.360. The van der Waals surface area contributed by atoms with E-state index in [1.807, 2.05) is 6.08 Å². The Hall–Kier alpha value is -1.98. The van der Waals surface area contributed by atoms with E-state index in [0.717, 1.165) is 0 Å². The number of hydrogen-bond acceptors (Lipinski definition) is 5. The summed E-state index contributed by atoms with van der Waals surface area (Å²) in [6, 6.07) is 0. The predicted octanol–water partition coefficient (Wildman–Crippen LogP) is 1.31. The Morgan fingerprint density at radius 3 is 3.15 bits per heavy atom. The highest BCUT2D eigenvalue weighted by Gasteiger charge is 2.02. The monoisotopic (exact) mass is 177 g/mol. The lowest BCUT2D eigenvalue weighted by atomic mass is 10.4. The maximum absolute atomic E-state index is 5.09. The van der Waals surface area contributed by atoms with Crippen LogP contribution in [0.25, 0.3) is 0 Å². The number of hydrogen-bond donors (Lipinski definition) is 1. The molecule has 1 unspecified atom stereocenters. The Kier molecular flexibility index (Phi) is 2.13. The van der Waals surface area contributed by atoms with E-state index >= 15 is 0 Å². The molecular formula is C7H7N5O. The van der Waals surface area contributed by atoms with Crippen LogP contribution in [0.1, 0.15) is 0 Å². The van der Waals surface area contributed by atoms with E-state index in [9.17, 15) is 0 Å². The molecule has 0 aliphatic carbocycles. The van der Waals surface area contributed by atoms with Crippen molar-refractivity contribution in [2.24, 2.45) is 10.2 Å². The highest BCUT2D eigenvalue weighted by Crippen LogP contribution is 2.08. The highest BCUT2D eigenvalue weighted by molar-refractivity contribution is 5.17. The van der Waals surface area contributed by atoms with Gasteiger partial charge in [0.15, 0.2) is 0 Å². The summed E-state index contributed by atoms with van der Waals surface area (Å²) < 4.78 is 5.09. The van der Waals surface area contributed by atoms with Gasteiger partial charge >= 0.3 is 0 Å². The third-order valence-electron chi connectivity index (χ3n) is 1.36. The van der Waals surface area contributed by atoms with E-state index in [1.54, 1.807) is 24.6 Å². The maximum Gasteiger partial charge on any atom is 0.227 e. The Morgan fingerprint density at radius 1 is 1.46 bits per heavy atom. The van der Waals surface area contributed by atoms with Gasteiger partial charge in [-0.2, -0.15) is 0 Å². The third kappa shape index (κ3) is 1.98. The standard InChI is InChI=1S/C7H7N5O/c1-2-4-13-7(3-1)11-9-6-5-8-12-10-6/h1-5,7H,(H,8,10,12). The summed E-state index contributed by atoms with van der Waals surface area (Å²) >= 11 is 0. The molecule has 0 amide bonds. The Bertz CT molecular complexity index is 340. The summed E-state index contributed by atoms with van der Waals surface area (Å²) in [6.45, 7) is 0. The van der Waals surface area contributed by atoms with Gasteiger partial charge in [0.25, 0.3) is 0 Å². The van der Waals surface area contributed by atoms with Gasteiger partial charge in [-0.05, 0) is 12.2 Å². The number of allylic oxidation sites excluding steroid dienone is 2. The van der Waals surface area contributed by atoms with Crippen LogP contribution in [0.15, 0.2) is 40.9 Å². The summed E-state index contributed by atoms with van der Waals surface area (Å²) in [4.78, 5) is 0. The zero-order chi connectivity index (χ0) is 8.93. The second-order valence-electron chi connectivity index (χ2n) is 2.29. The zero-order valence-corrected chi connectivity index (χ0v) is 6.66. The van der Waals surface area contributed by atoms with Crippen LogP contribution in [0.3, 0.4) is 0 Å². The van der Waals surface area contributed by atoms with Crippen LogP contribution in [-0.2, 0) is 4.74 Å². The summed E-state index contributed by atoms with van der Waals surface area (Å²) in [6.07, 6.45) is 8.15. The van der Waals surface area contributed by atoms with Gasteiger partial charge in [-0.25, -0.2) is 0 Å². The molecule has 1 aromatic rings. The highest BCUT2D eigenvalue weighted by atomic mass is 16.5. The number of aromatic nitrogens is 3.